The highest BCUT2D eigenvalue weighted by atomic mass is 16.5. The SMILES string of the molecule is Cc1noc(N2CCN(c3nc(-c4ccc5cnn(C(C)C)c5c4)no3)CC2)n1. The molecule has 10 heteroatoms. The first-order valence-corrected chi connectivity index (χ1v) is 9.70. The minimum Gasteiger partial charge on any atom is -0.321 e. The van der Waals surface area contributed by atoms with Gasteiger partial charge in [-0.25, -0.2) is 0 Å². The van der Waals surface area contributed by atoms with Crippen LogP contribution in [-0.4, -0.2) is 56.2 Å². The second-order valence-corrected chi connectivity index (χ2v) is 7.46. The van der Waals surface area contributed by atoms with Crippen molar-refractivity contribution in [2.45, 2.75) is 26.8 Å². The molecule has 3 aromatic heterocycles. The molecule has 0 unspecified atom stereocenters. The highest BCUT2D eigenvalue weighted by Gasteiger charge is 2.24. The van der Waals surface area contributed by atoms with Gasteiger partial charge in [-0.05, 0) is 26.8 Å². The van der Waals surface area contributed by atoms with E-state index in [4.69, 9.17) is 9.05 Å². The Balaban J connectivity index is 1.33. The number of piperazine rings is 1. The van der Waals surface area contributed by atoms with E-state index in [9.17, 15) is 0 Å². The van der Waals surface area contributed by atoms with E-state index in [1.54, 1.807) is 0 Å². The summed E-state index contributed by atoms with van der Waals surface area (Å²) in [4.78, 5) is 13.0. The van der Waals surface area contributed by atoms with Gasteiger partial charge in [0.15, 0.2) is 5.82 Å². The quantitative estimate of drug-likeness (QED) is 0.517. The maximum absolute atomic E-state index is 5.55. The van der Waals surface area contributed by atoms with Gasteiger partial charge < -0.3 is 18.8 Å². The van der Waals surface area contributed by atoms with Crippen LogP contribution in [0.15, 0.2) is 33.4 Å². The summed E-state index contributed by atoms with van der Waals surface area (Å²) < 4.78 is 12.8. The van der Waals surface area contributed by atoms with Crippen LogP contribution in [0.2, 0.25) is 0 Å². The van der Waals surface area contributed by atoms with Gasteiger partial charge in [-0.15, -0.1) is 0 Å². The van der Waals surface area contributed by atoms with Crippen LogP contribution in [0.3, 0.4) is 0 Å². The molecule has 0 saturated carbocycles. The molecule has 0 atom stereocenters. The fourth-order valence-corrected chi connectivity index (χ4v) is 3.55. The Hall–Kier alpha value is -3.43. The molecule has 0 amide bonds. The Morgan fingerprint density at radius 2 is 1.62 bits per heavy atom. The first-order valence-electron chi connectivity index (χ1n) is 9.70. The lowest BCUT2D eigenvalue weighted by Crippen LogP contribution is -2.46. The highest BCUT2D eigenvalue weighted by molar-refractivity contribution is 5.83. The van der Waals surface area contributed by atoms with E-state index in [-0.39, 0.29) is 6.04 Å². The molecule has 29 heavy (non-hydrogen) atoms. The molecule has 0 N–H and O–H groups in total. The molecular weight excluding hydrogens is 372 g/mol. The van der Waals surface area contributed by atoms with Crippen molar-refractivity contribution in [3.63, 3.8) is 0 Å². The summed E-state index contributed by atoms with van der Waals surface area (Å²) in [5.41, 5.74) is 1.97. The molecule has 5 rings (SSSR count). The zero-order valence-electron chi connectivity index (χ0n) is 16.6. The third-order valence-electron chi connectivity index (χ3n) is 5.10. The van der Waals surface area contributed by atoms with Gasteiger partial charge in [0.05, 0.1) is 11.7 Å². The van der Waals surface area contributed by atoms with Gasteiger partial charge in [0.1, 0.15) is 0 Å². The third-order valence-corrected chi connectivity index (χ3v) is 5.10. The summed E-state index contributed by atoms with van der Waals surface area (Å²) in [5, 5.41) is 13.6. The predicted octanol–water partition coefficient (Wildman–Crippen LogP) is 2.69. The van der Waals surface area contributed by atoms with Crippen molar-refractivity contribution in [1.29, 1.82) is 0 Å². The Morgan fingerprint density at radius 3 is 2.28 bits per heavy atom. The van der Waals surface area contributed by atoms with Crippen LogP contribution in [0.25, 0.3) is 22.3 Å². The van der Waals surface area contributed by atoms with Crippen molar-refractivity contribution >= 4 is 22.9 Å². The molecule has 10 nitrogen and oxygen atoms in total. The fourth-order valence-electron chi connectivity index (χ4n) is 3.55. The van der Waals surface area contributed by atoms with Gasteiger partial charge in [-0.1, -0.05) is 22.4 Å². The summed E-state index contributed by atoms with van der Waals surface area (Å²) in [5.74, 6) is 1.22. The summed E-state index contributed by atoms with van der Waals surface area (Å²) in [6.45, 7) is 9.01. The smallest absolute Gasteiger partial charge is 0.321 e. The minimum absolute atomic E-state index is 0.280. The summed E-state index contributed by atoms with van der Waals surface area (Å²) in [6.07, 6.45) is 1.88. The average Bonchev–Trinajstić information content (AvgIpc) is 3.46. The Bertz CT molecular complexity index is 1140. The van der Waals surface area contributed by atoms with Crippen molar-refractivity contribution < 1.29 is 9.05 Å². The van der Waals surface area contributed by atoms with Crippen LogP contribution < -0.4 is 9.80 Å². The largest absolute Gasteiger partial charge is 0.324 e. The van der Waals surface area contributed by atoms with E-state index >= 15 is 0 Å². The van der Waals surface area contributed by atoms with Gasteiger partial charge in [-0.2, -0.15) is 15.1 Å². The molecule has 0 radical (unpaired) electrons. The topological polar surface area (TPSA) is 102 Å². The number of aromatic nitrogens is 6. The van der Waals surface area contributed by atoms with E-state index in [1.165, 1.54) is 0 Å². The lowest BCUT2D eigenvalue weighted by Gasteiger charge is -2.32. The maximum atomic E-state index is 5.55. The zero-order valence-corrected chi connectivity index (χ0v) is 16.6. The summed E-state index contributed by atoms with van der Waals surface area (Å²) in [6, 6.07) is 7.47. The number of nitrogens with zero attached hydrogens (tertiary/aromatic N) is 8. The minimum atomic E-state index is 0.280. The van der Waals surface area contributed by atoms with Crippen LogP contribution in [0.5, 0.6) is 0 Å². The number of fused-ring (bicyclic) bond motifs is 1. The monoisotopic (exact) mass is 394 g/mol. The first-order chi connectivity index (χ1) is 14.1. The van der Waals surface area contributed by atoms with E-state index in [0.29, 0.717) is 23.7 Å². The van der Waals surface area contributed by atoms with Crippen LogP contribution >= 0.6 is 0 Å². The molecule has 1 aromatic carbocycles. The average molecular weight is 394 g/mol. The van der Waals surface area contributed by atoms with Gasteiger partial charge in [0, 0.05) is 43.2 Å². The Labute approximate surface area is 167 Å². The molecule has 1 saturated heterocycles. The number of hydrogen-bond acceptors (Lipinski definition) is 9. The predicted molar refractivity (Wildman–Crippen MR) is 107 cm³/mol. The number of anilines is 2. The fraction of sp³-hybridized carbons (Fsp3) is 0.421. The maximum Gasteiger partial charge on any atom is 0.324 e. The van der Waals surface area contributed by atoms with Crippen LogP contribution in [0.4, 0.5) is 12.0 Å². The number of benzene rings is 1. The van der Waals surface area contributed by atoms with Gasteiger partial charge in [0.2, 0.25) is 5.82 Å². The number of rotatable bonds is 4. The van der Waals surface area contributed by atoms with E-state index < -0.39 is 0 Å². The second-order valence-electron chi connectivity index (χ2n) is 7.46. The molecule has 1 fully saturated rings. The Morgan fingerprint density at radius 1 is 0.931 bits per heavy atom. The van der Waals surface area contributed by atoms with E-state index in [0.717, 1.165) is 42.6 Å². The van der Waals surface area contributed by atoms with Crippen molar-refractivity contribution in [3.05, 3.63) is 30.2 Å². The van der Waals surface area contributed by atoms with Crippen molar-refractivity contribution in [3.8, 4) is 11.4 Å². The molecule has 0 aliphatic carbocycles. The van der Waals surface area contributed by atoms with Crippen LogP contribution in [0, 0.1) is 6.92 Å². The van der Waals surface area contributed by atoms with Crippen molar-refractivity contribution in [2.75, 3.05) is 36.0 Å². The molecule has 1 aliphatic heterocycles. The second kappa shape index (κ2) is 6.87. The molecule has 0 bridgehead atoms. The molecule has 4 aromatic rings. The van der Waals surface area contributed by atoms with Gasteiger partial charge >= 0.3 is 12.0 Å². The standard InChI is InChI=1S/C19H22N8O2/c1-12(2)27-16-10-14(4-5-15(16)11-20-27)17-22-19(29-24-17)26-8-6-25(7-9-26)18-21-13(3)23-28-18/h4-5,10-12H,6-9H2,1-3H3. The lowest BCUT2D eigenvalue weighted by atomic mass is 10.1. The summed E-state index contributed by atoms with van der Waals surface area (Å²) in [7, 11) is 0. The first kappa shape index (κ1) is 17.7. The van der Waals surface area contributed by atoms with Crippen LogP contribution in [-0.2, 0) is 0 Å². The Kier molecular flexibility index (Phi) is 4.18. The van der Waals surface area contributed by atoms with Gasteiger partial charge in [-0.3, -0.25) is 4.68 Å². The van der Waals surface area contributed by atoms with Crippen LogP contribution in [0.1, 0.15) is 25.7 Å². The third kappa shape index (κ3) is 3.20. The molecule has 4 heterocycles. The number of aryl methyl sites for hydroxylation is 1. The molecular formula is C19H22N8O2. The summed E-state index contributed by atoms with van der Waals surface area (Å²) >= 11 is 0. The number of hydrogen-bond donors (Lipinski definition) is 0. The van der Waals surface area contributed by atoms with Gasteiger partial charge in [0.25, 0.3) is 0 Å². The zero-order chi connectivity index (χ0) is 20.0. The van der Waals surface area contributed by atoms with Crippen molar-refractivity contribution in [1.82, 2.24) is 30.1 Å². The van der Waals surface area contributed by atoms with E-state index in [2.05, 4.69) is 55.1 Å². The molecule has 0 spiro atoms. The molecule has 150 valence electrons. The molecule has 1 aliphatic rings. The van der Waals surface area contributed by atoms with E-state index in [1.807, 2.05) is 29.9 Å². The normalized spacial score (nSPS) is 15.0. The van der Waals surface area contributed by atoms with Crippen molar-refractivity contribution in [2.24, 2.45) is 0 Å². The lowest BCUT2D eigenvalue weighted by molar-refractivity contribution is 0.391. The highest BCUT2D eigenvalue weighted by Crippen LogP contribution is 2.26.